The highest BCUT2D eigenvalue weighted by Crippen LogP contribution is 2.36. The van der Waals surface area contributed by atoms with Gasteiger partial charge < -0.3 is 16.4 Å². The molecule has 1 saturated heterocycles. The van der Waals surface area contributed by atoms with E-state index >= 15 is 0 Å². The zero-order chi connectivity index (χ0) is 26.7. The maximum absolute atomic E-state index is 12.8. The molecule has 1 fully saturated rings. The Labute approximate surface area is 221 Å². The first-order valence-electron chi connectivity index (χ1n) is 11.1. The summed E-state index contributed by atoms with van der Waals surface area (Å²) < 4.78 is 0. The van der Waals surface area contributed by atoms with Crippen molar-refractivity contribution in [1.82, 2.24) is 19.9 Å². The van der Waals surface area contributed by atoms with Gasteiger partial charge in [0.2, 0.25) is 11.8 Å². The Kier molecular flexibility index (Phi) is 7.81. The van der Waals surface area contributed by atoms with E-state index in [0.29, 0.717) is 45.8 Å². The molecular weight excluding hydrogens is 523 g/mol. The van der Waals surface area contributed by atoms with Crippen LogP contribution >= 0.6 is 23.2 Å². The lowest BCUT2D eigenvalue weighted by molar-refractivity contribution is -0.384. The Morgan fingerprint density at radius 3 is 2.46 bits per heavy atom. The molecule has 0 atom stereocenters. The van der Waals surface area contributed by atoms with Crippen molar-refractivity contribution in [3.63, 3.8) is 0 Å². The molecule has 4 rings (SSSR count). The van der Waals surface area contributed by atoms with E-state index in [9.17, 15) is 19.7 Å². The van der Waals surface area contributed by atoms with Gasteiger partial charge in [-0.25, -0.2) is 15.0 Å². The van der Waals surface area contributed by atoms with Crippen LogP contribution in [0, 0.1) is 10.1 Å². The van der Waals surface area contributed by atoms with E-state index in [1.54, 1.807) is 30.1 Å². The second kappa shape index (κ2) is 11.0. The number of Topliss-reactive ketones (excluding diaryl/α,β-unsaturated/α-hetero) is 2. The number of hydrogen-bond donors (Lipinski definition) is 3. The van der Waals surface area contributed by atoms with Gasteiger partial charge in [-0.2, -0.15) is 0 Å². The molecule has 1 aliphatic heterocycles. The summed E-state index contributed by atoms with van der Waals surface area (Å²) in [5.74, 6) is -1.05. The minimum Gasteiger partial charge on any atom is -0.378 e. The monoisotopic (exact) mass is 544 g/mol. The predicted octanol–water partition coefficient (Wildman–Crippen LogP) is 3.03. The zero-order valence-corrected chi connectivity index (χ0v) is 21.1. The molecule has 0 bridgehead atoms. The Morgan fingerprint density at radius 2 is 1.81 bits per heavy atom. The van der Waals surface area contributed by atoms with Gasteiger partial charge in [0.1, 0.15) is 11.7 Å². The number of nitrogens with one attached hydrogen (secondary N) is 2. The van der Waals surface area contributed by atoms with Crippen LogP contribution in [0.15, 0.2) is 36.5 Å². The third-order valence-corrected chi connectivity index (χ3v) is 6.17. The number of nitrogen functional groups attached to an aromatic ring is 1. The lowest BCUT2D eigenvalue weighted by Crippen LogP contribution is -2.44. The molecule has 1 aliphatic rings. The molecule has 0 unspecified atom stereocenters. The zero-order valence-electron chi connectivity index (χ0n) is 19.6. The van der Waals surface area contributed by atoms with E-state index in [2.05, 4.69) is 25.6 Å². The fourth-order valence-corrected chi connectivity index (χ4v) is 4.47. The van der Waals surface area contributed by atoms with Crippen LogP contribution in [0.4, 0.5) is 23.3 Å². The number of pyridine rings is 1. The first kappa shape index (κ1) is 26.2. The molecule has 3 heterocycles. The van der Waals surface area contributed by atoms with Crippen molar-refractivity contribution in [2.24, 2.45) is 0 Å². The average Bonchev–Trinajstić information content (AvgIpc) is 2.82. The maximum atomic E-state index is 12.8. The highest BCUT2D eigenvalue weighted by molar-refractivity contribution is 6.36. The van der Waals surface area contributed by atoms with Gasteiger partial charge in [-0.15, -0.1) is 0 Å². The minimum absolute atomic E-state index is 0.136. The van der Waals surface area contributed by atoms with Crippen LogP contribution in [0.25, 0.3) is 11.3 Å². The van der Waals surface area contributed by atoms with Gasteiger partial charge in [0, 0.05) is 41.5 Å². The second-order valence-corrected chi connectivity index (χ2v) is 9.21. The van der Waals surface area contributed by atoms with Crippen LogP contribution < -0.4 is 16.4 Å². The Balaban J connectivity index is 1.55. The summed E-state index contributed by atoms with van der Waals surface area (Å²) in [7, 11) is 1.71. The average molecular weight is 545 g/mol. The van der Waals surface area contributed by atoms with E-state index in [-0.39, 0.29) is 42.1 Å². The van der Waals surface area contributed by atoms with Crippen LogP contribution in [0.1, 0.15) is 11.5 Å². The van der Waals surface area contributed by atoms with Gasteiger partial charge >= 0.3 is 5.69 Å². The molecule has 0 radical (unpaired) electrons. The maximum Gasteiger partial charge on any atom is 0.311 e. The van der Waals surface area contributed by atoms with Crippen LogP contribution in [0.3, 0.4) is 0 Å². The van der Waals surface area contributed by atoms with E-state index in [4.69, 9.17) is 28.9 Å². The van der Waals surface area contributed by atoms with Crippen molar-refractivity contribution in [3.8, 4) is 11.3 Å². The summed E-state index contributed by atoms with van der Waals surface area (Å²) in [4.78, 5) is 50.4. The Bertz CT molecular complexity index is 1370. The summed E-state index contributed by atoms with van der Waals surface area (Å²) >= 11 is 12.5. The van der Waals surface area contributed by atoms with E-state index in [1.165, 1.54) is 18.3 Å². The van der Waals surface area contributed by atoms with Crippen LogP contribution in [0.5, 0.6) is 0 Å². The van der Waals surface area contributed by atoms with Crippen LogP contribution in [-0.4, -0.2) is 69.6 Å². The third-order valence-electron chi connectivity index (χ3n) is 5.62. The van der Waals surface area contributed by atoms with Crippen LogP contribution in [0.2, 0.25) is 10.0 Å². The molecule has 3 aromatic rings. The number of nitro groups is 1. The summed E-state index contributed by atoms with van der Waals surface area (Å²) in [6, 6.07) is 7.61. The first-order chi connectivity index (χ1) is 17.6. The number of piperidine rings is 1. The number of carbonyl (C=O) groups is 2. The number of rotatable bonds is 8. The predicted molar refractivity (Wildman–Crippen MR) is 140 cm³/mol. The molecule has 192 valence electrons. The van der Waals surface area contributed by atoms with Crippen molar-refractivity contribution < 1.29 is 14.5 Å². The Hall–Kier alpha value is -3.87. The van der Waals surface area contributed by atoms with E-state index in [0.717, 1.165) is 0 Å². The molecule has 0 saturated carbocycles. The molecule has 37 heavy (non-hydrogen) atoms. The highest BCUT2D eigenvalue weighted by atomic mass is 35.5. The number of nitrogens with zero attached hydrogens (tertiary/aromatic N) is 5. The number of ketones is 2. The minimum atomic E-state index is -0.993. The lowest BCUT2D eigenvalue weighted by Gasteiger charge is -2.27. The van der Waals surface area contributed by atoms with Gasteiger partial charge in [0.15, 0.2) is 11.6 Å². The molecule has 2 aromatic heterocycles. The van der Waals surface area contributed by atoms with Gasteiger partial charge in [-0.3, -0.25) is 24.6 Å². The third kappa shape index (κ3) is 5.93. The topological polar surface area (TPSA) is 169 Å². The number of benzene rings is 1. The van der Waals surface area contributed by atoms with Crippen molar-refractivity contribution in [2.75, 3.05) is 49.6 Å². The van der Waals surface area contributed by atoms with Gasteiger partial charge in [0.25, 0.3) is 0 Å². The number of carbonyl (C=O) groups excluding carboxylic acids is 2. The number of halogens is 2. The summed E-state index contributed by atoms with van der Waals surface area (Å²) in [5.41, 5.74) is 6.58. The van der Waals surface area contributed by atoms with E-state index < -0.39 is 10.8 Å². The van der Waals surface area contributed by atoms with Gasteiger partial charge in [0.05, 0.1) is 28.7 Å². The standard InChI is InChI=1S/C23H22Cl2N8O4/c1-32-10-17(34)20(18(35)11-32)14-9-29-23(31-21(14)13-3-2-12(24)8-15(13)25)28-7-6-27-19-5-4-16(33(36)37)22(26)30-19/h2-5,8-9,20H,6-7,10-11H2,1H3,(H3,26,27,30)(H,28,29,31). The number of nitrogens with two attached hydrogens (primary N) is 1. The van der Waals surface area contributed by atoms with Crippen molar-refractivity contribution in [1.29, 1.82) is 0 Å². The number of aromatic nitrogens is 3. The van der Waals surface area contributed by atoms with Crippen molar-refractivity contribution in [2.45, 2.75) is 5.92 Å². The Morgan fingerprint density at radius 1 is 1.11 bits per heavy atom. The summed E-state index contributed by atoms with van der Waals surface area (Å²) in [6.45, 7) is 0.976. The molecule has 0 aliphatic carbocycles. The quantitative estimate of drug-likeness (QED) is 0.165. The summed E-state index contributed by atoms with van der Waals surface area (Å²) in [6.07, 6.45) is 1.47. The molecule has 14 heteroatoms. The van der Waals surface area contributed by atoms with Crippen LogP contribution in [-0.2, 0) is 9.59 Å². The molecule has 0 spiro atoms. The first-order valence-corrected chi connectivity index (χ1v) is 11.8. The largest absolute Gasteiger partial charge is 0.378 e. The smallest absolute Gasteiger partial charge is 0.311 e. The second-order valence-electron chi connectivity index (χ2n) is 8.37. The number of hydrogen-bond acceptors (Lipinski definition) is 11. The SMILES string of the molecule is CN1CC(=O)C(c2cnc(NCCNc3ccc([N+](=O)[O-])c(N)n3)nc2-c2ccc(Cl)cc2Cl)C(=O)C1. The molecule has 1 aromatic carbocycles. The fraction of sp³-hybridized carbons (Fsp3) is 0.261. The van der Waals surface area contributed by atoms with E-state index in [1.807, 2.05) is 0 Å². The van der Waals surface area contributed by atoms with Gasteiger partial charge in [-0.1, -0.05) is 23.2 Å². The number of anilines is 3. The number of likely N-dealkylation sites (tertiary alicyclic amines) is 1. The van der Waals surface area contributed by atoms with Crippen molar-refractivity contribution >= 4 is 58.0 Å². The molecule has 0 amide bonds. The van der Waals surface area contributed by atoms with Crippen molar-refractivity contribution in [3.05, 3.63) is 62.3 Å². The van der Waals surface area contributed by atoms with Gasteiger partial charge in [-0.05, 0) is 31.3 Å². The molecule has 4 N–H and O–H groups in total. The molecular formula is C23H22Cl2N8O4. The normalized spacial score (nSPS) is 14.6. The lowest BCUT2D eigenvalue weighted by atomic mass is 9.86. The fourth-order valence-electron chi connectivity index (χ4n) is 3.97. The number of likely N-dealkylation sites (N-methyl/N-ethyl adjacent to an activating group) is 1. The molecule has 12 nitrogen and oxygen atoms in total. The summed E-state index contributed by atoms with van der Waals surface area (Å²) in [5, 5.41) is 17.7. The highest BCUT2D eigenvalue weighted by Gasteiger charge is 2.36.